The summed E-state index contributed by atoms with van der Waals surface area (Å²) >= 11 is 0. The number of fused-ring (bicyclic) bond motifs is 4. The van der Waals surface area contributed by atoms with Gasteiger partial charge in [0.25, 0.3) is 5.91 Å². The Kier molecular flexibility index (Phi) is 6.50. The number of anilines is 2. The number of benzene rings is 3. The summed E-state index contributed by atoms with van der Waals surface area (Å²) in [5.41, 5.74) is 5.11. The van der Waals surface area contributed by atoms with E-state index in [0.29, 0.717) is 11.3 Å². The standard InChI is InChI=1S/C32H29N3O8/c1-12-15-10-11-18(35-32(43)34-17-9-5-7-14-6-3-4-8-16(14)17)26(37)21(15)28(39)22-19(12)27(38)20-13(2)25(36)24(31(33)42)30(41)23(20)29(22)40/h3-13,19-20,23,27,36-39H,1-2H3,(H2,33,42)(H2,34,35,43)/t12-,13-,19?,20?,23?,27-/m0/s1. The molecule has 6 rings (SSSR count). The lowest BCUT2D eigenvalue weighted by Gasteiger charge is -2.48. The molecule has 3 aliphatic carbocycles. The average Bonchev–Trinajstić information content (AvgIpc) is 2.96. The normalized spacial score (nSPS) is 26.5. The molecular formula is C32H29N3O8. The number of carbonyl (C=O) groups excluding carboxylic acids is 4. The maximum Gasteiger partial charge on any atom is 0.323 e. The summed E-state index contributed by atoms with van der Waals surface area (Å²) in [5, 5.41) is 51.8. The maximum atomic E-state index is 13.9. The van der Waals surface area contributed by atoms with Crippen LogP contribution in [0.5, 0.6) is 5.75 Å². The zero-order valence-corrected chi connectivity index (χ0v) is 23.2. The molecule has 6 atom stereocenters. The van der Waals surface area contributed by atoms with Gasteiger partial charge in [-0.25, -0.2) is 4.79 Å². The number of allylic oxidation sites excluding steroid dienone is 1. The fourth-order valence-corrected chi connectivity index (χ4v) is 7.03. The van der Waals surface area contributed by atoms with Gasteiger partial charge in [-0.15, -0.1) is 0 Å². The van der Waals surface area contributed by atoms with Gasteiger partial charge in [-0.3, -0.25) is 14.4 Å². The van der Waals surface area contributed by atoms with Crippen molar-refractivity contribution in [2.45, 2.75) is 25.9 Å². The minimum atomic E-state index is -1.57. The quantitative estimate of drug-likeness (QED) is 0.137. The minimum absolute atomic E-state index is 0.0535. The second-order valence-electron chi connectivity index (χ2n) is 11.3. The van der Waals surface area contributed by atoms with E-state index in [9.17, 15) is 39.6 Å². The number of phenolic OH excluding ortho intramolecular Hbond substituents is 1. The molecule has 220 valence electrons. The summed E-state index contributed by atoms with van der Waals surface area (Å²) in [6, 6.07) is 15.2. The van der Waals surface area contributed by atoms with Crippen LogP contribution in [0.3, 0.4) is 0 Å². The Morgan fingerprint density at radius 3 is 2.23 bits per heavy atom. The smallest absolute Gasteiger partial charge is 0.323 e. The highest BCUT2D eigenvalue weighted by molar-refractivity contribution is 6.28. The van der Waals surface area contributed by atoms with Crippen molar-refractivity contribution >= 4 is 51.4 Å². The molecule has 0 saturated heterocycles. The molecule has 3 aliphatic rings. The molecule has 11 nitrogen and oxygen atoms in total. The van der Waals surface area contributed by atoms with Gasteiger partial charge in [0.05, 0.1) is 29.0 Å². The van der Waals surface area contributed by atoms with Crippen LogP contribution in [0.15, 0.2) is 71.5 Å². The van der Waals surface area contributed by atoms with Crippen LogP contribution in [0.4, 0.5) is 16.2 Å². The van der Waals surface area contributed by atoms with E-state index in [2.05, 4.69) is 10.6 Å². The molecule has 43 heavy (non-hydrogen) atoms. The predicted octanol–water partition coefficient (Wildman–Crippen LogP) is 3.88. The van der Waals surface area contributed by atoms with Crippen molar-refractivity contribution in [3.05, 3.63) is 82.6 Å². The molecule has 0 aliphatic heterocycles. The molecule has 0 spiro atoms. The second kappa shape index (κ2) is 9.99. The zero-order chi connectivity index (χ0) is 30.9. The molecule has 0 bridgehead atoms. The second-order valence-corrected chi connectivity index (χ2v) is 11.3. The highest BCUT2D eigenvalue weighted by Crippen LogP contribution is 2.55. The van der Waals surface area contributed by atoms with Gasteiger partial charge in [0, 0.05) is 28.7 Å². The summed E-state index contributed by atoms with van der Waals surface area (Å²) in [6.45, 7) is 3.19. The first kappa shape index (κ1) is 28.0. The number of carbonyl (C=O) groups is 4. The van der Waals surface area contributed by atoms with Crippen LogP contribution in [0, 0.1) is 23.7 Å². The number of nitrogens with two attached hydrogens (primary N) is 1. The first-order valence-corrected chi connectivity index (χ1v) is 13.8. The van der Waals surface area contributed by atoms with E-state index in [0.717, 1.165) is 10.8 Å². The molecule has 0 heterocycles. The van der Waals surface area contributed by atoms with Crippen molar-refractivity contribution in [2.24, 2.45) is 29.4 Å². The van der Waals surface area contributed by atoms with Gasteiger partial charge in [-0.2, -0.15) is 0 Å². The summed E-state index contributed by atoms with van der Waals surface area (Å²) in [6.07, 6.45) is -1.37. The molecule has 0 radical (unpaired) electrons. The molecule has 3 aromatic carbocycles. The van der Waals surface area contributed by atoms with Gasteiger partial charge in [0.2, 0.25) is 0 Å². The largest absolute Gasteiger partial charge is 0.511 e. The SMILES string of the molecule is C[C@@H]1C(O)=C(C(N)=O)C(=O)C2C(=O)C3=C(O)c4c(ccc(NC(=O)Nc5cccc6ccccc56)c4O)[C@H](C)C3[C@H](O)C21. The summed E-state index contributed by atoms with van der Waals surface area (Å²) < 4.78 is 0. The lowest BCUT2D eigenvalue weighted by atomic mass is 9.55. The van der Waals surface area contributed by atoms with Crippen molar-refractivity contribution in [1.82, 2.24) is 0 Å². The lowest BCUT2D eigenvalue weighted by molar-refractivity contribution is -0.143. The van der Waals surface area contributed by atoms with E-state index < -0.39 is 82.0 Å². The number of rotatable bonds is 3. The molecule has 8 N–H and O–H groups in total. The van der Waals surface area contributed by atoms with Crippen LogP contribution >= 0.6 is 0 Å². The Bertz CT molecular complexity index is 1820. The topological polar surface area (TPSA) is 199 Å². The van der Waals surface area contributed by atoms with E-state index in [1.807, 2.05) is 30.3 Å². The van der Waals surface area contributed by atoms with Crippen LogP contribution in [0.25, 0.3) is 16.5 Å². The number of nitrogens with one attached hydrogen (secondary N) is 2. The monoisotopic (exact) mass is 583 g/mol. The molecule has 0 aromatic heterocycles. The Morgan fingerprint density at radius 1 is 0.837 bits per heavy atom. The molecule has 1 saturated carbocycles. The van der Waals surface area contributed by atoms with Gasteiger partial charge < -0.3 is 36.8 Å². The zero-order valence-electron chi connectivity index (χ0n) is 23.2. The summed E-state index contributed by atoms with van der Waals surface area (Å²) in [5.74, 6) is -9.98. The number of hydrogen-bond acceptors (Lipinski definition) is 8. The van der Waals surface area contributed by atoms with Crippen molar-refractivity contribution in [2.75, 3.05) is 10.6 Å². The highest BCUT2D eigenvalue weighted by Gasteiger charge is 2.59. The number of primary amides is 1. The van der Waals surface area contributed by atoms with Gasteiger partial charge in [-0.1, -0.05) is 56.3 Å². The van der Waals surface area contributed by atoms with Crippen LogP contribution in [-0.2, 0) is 14.4 Å². The number of amides is 3. The third-order valence-corrected chi connectivity index (χ3v) is 9.09. The van der Waals surface area contributed by atoms with Crippen LogP contribution in [0.1, 0.15) is 30.9 Å². The summed E-state index contributed by atoms with van der Waals surface area (Å²) in [4.78, 5) is 52.0. The Balaban J connectivity index is 1.38. The van der Waals surface area contributed by atoms with Crippen molar-refractivity contribution in [3.63, 3.8) is 0 Å². The van der Waals surface area contributed by atoms with Crippen molar-refractivity contribution in [1.29, 1.82) is 0 Å². The molecule has 3 unspecified atom stereocenters. The van der Waals surface area contributed by atoms with E-state index in [4.69, 9.17) is 5.73 Å². The van der Waals surface area contributed by atoms with E-state index in [1.165, 1.54) is 13.0 Å². The fraction of sp³-hybridized carbons (Fsp3) is 0.250. The number of aliphatic hydroxyl groups is 3. The molecule has 3 aromatic rings. The number of ketones is 2. The first-order chi connectivity index (χ1) is 20.4. The van der Waals surface area contributed by atoms with E-state index >= 15 is 0 Å². The van der Waals surface area contributed by atoms with Crippen LogP contribution < -0.4 is 16.4 Å². The third kappa shape index (κ3) is 4.07. The minimum Gasteiger partial charge on any atom is -0.511 e. The highest BCUT2D eigenvalue weighted by atomic mass is 16.3. The number of hydrogen-bond donors (Lipinski definition) is 7. The number of aliphatic hydroxyl groups excluding tert-OH is 3. The third-order valence-electron chi connectivity index (χ3n) is 9.09. The number of urea groups is 1. The lowest BCUT2D eigenvalue weighted by Crippen LogP contribution is -2.56. The van der Waals surface area contributed by atoms with Crippen LogP contribution in [-0.4, -0.2) is 50.0 Å². The predicted molar refractivity (Wildman–Crippen MR) is 157 cm³/mol. The summed E-state index contributed by atoms with van der Waals surface area (Å²) in [7, 11) is 0. The maximum absolute atomic E-state index is 13.9. The Labute approximate surface area is 245 Å². The molecule has 1 fully saturated rings. The Hall–Kier alpha value is -5.16. The van der Waals surface area contributed by atoms with E-state index in [1.54, 1.807) is 25.1 Å². The van der Waals surface area contributed by atoms with Gasteiger partial charge in [0.15, 0.2) is 11.6 Å². The molecule has 11 heteroatoms. The van der Waals surface area contributed by atoms with E-state index in [-0.39, 0.29) is 16.8 Å². The Morgan fingerprint density at radius 2 is 1.51 bits per heavy atom. The average molecular weight is 584 g/mol. The van der Waals surface area contributed by atoms with Gasteiger partial charge in [-0.05, 0) is 29.0 Å². The number of phenols is 1. The fourth-order valence-electron chi connectivity index (χ4n) is 7.03. The first-order valence-electron chi connectivity index (χ1n) is 13.8. The van der Waals surface area contributed by atoms with Crippen molar-refractivity contribution in [3.8, 4) is 5.75 Å². The number of Topliss-reactive ketones (excluding diaryl/α,β-unsaturated/α-hetero) is 2. The number of aromatic hydroxyl groups is 1. The van der Waals surface area contributed by atoms with Crippen LogP contribution in [0.2, 0.25) is 0 Å². The van der Waals surface area contributed by atoms with Gasteiger partial charge >= 0.3 is 6.03 Å². The van der Waals surface area contributed by atoms with Gasteiger partial charge in [0.1, 0.15) is 22.8 Å². The van der Waals surface area contributed by atoms with Crippen molar-refractivity contribution < 1.29 is 39.6 Å². The molecular weight excluding hydrogens is 554 g/mol. The molecule has 3 amide bonds.